The van der Waals surface area contributed by atoms with Crippen molar-refractivity contribution in [2.24, 2.45) is 0 Å². The third-order valence-corrected chi connectivity index (χ3v) is 3.30. The second kappa shape index (κ2) is 5.12. The highest BCUT2D eigenvalue weighted by Crippen LogP contribution is 2.23. The fourth-order valence-corrected chi connectivity index (χ4v) is 2.16. The zero-order chi connectivity index (χ0) is 13.2. The number of rotatable bonds is 3. The lowest BCUT2D eigenvalue weighted by Gasteiger charge is -2.19. The molecule has 0 spiro atoms. The summed E-state index contributed by atoms with van der Waals surface area (Å²) in [7, 11) is 0. The van der Waals surface area contributed by atoms with Crippen molar-refractivity contribution in [2.75, 3.05) is 0 Å². The predicted molar refractivity (Wildman–Crippen MR) is 71.9 cm³/mol. The van der Waals surface area contributed by atoms with Gasteiger partial charge in [0.25, 0.3) is 0 Å². The summed E-state index contributed by atoms with van der Waals surface area (Å²) in [5.41, 5.74) is 0.956. The summed E-state index contributed by atoms with van der Waals surface area (Å²) in [5.74, 6) is -0.238. The molecular formula is C13H16FN3S. The van der Waals surface area contributed by atoms with E-state index >= 15 is 0 Å². The fourth-order valence-electron chi connectivity index (χ4n) is 1.37. The van der Waals surface area contributed by atoms with Crippen molar-refractivity contribution in [2.45, 2.75) is 32.9 Å². The summed E-state index contributed by atoms with van der Waals surface area (Å²) >= 11 is 1.53. The van der Waals surface area contributed by atoms with Crippen molar-refractivity contribution in [3.63, 3.8) is 0 Å². The van der Waals surface area contributed by atoms with Gasteiger partial charge in [-0.05, 0) is 45.0 Å². The summed E-state index contributed by atoms with van der Waals surface area (Å²) in [5, 5.41) is 13.4. The molecule has 1 aromatic heterocycles. The van der Waals surface area contributed by atoms with Crippen LogP contribution in [-0.4, -0.2) is 15.7 Å². The van der Waals surface area contributed by atoms with Crippen molar-refractivity contribution < 1.29 is 4.39 Å². The van der Waals surface area contributed by atoms with E-state index in [2.05, 4.69) is 36.3 Å². The number of hydrogen-bond donors (Lipinski definition) is 1. The quantitative estimate of drug-likeness (QED) is 0.926. The van der Waals surface area contributed by atoms with E-state index in [4.69, 9.17) is 0 Å². The topological polar surface area (TPSA) is 37.8 Å². The molecule has 0 atom stereocenters. The van der Waals surface area contributed by atoms with Crippen LogP contribution < -0.4 is 5.32 Å². The summed E-state index contributed by atoms with van der Waals surface area (Å²) in [4.78, 5) is 0. The number of aromatic nitrogens is 2. The molecule has 3 nitrogen and oxygen atoms in total. The second-order valence-corrected chi connectivity index (χ2v) is 6.17. The van der Waals surface area contributed by atoms with Crippen LogP contribution in [0, 0.1) is 5.82 Å². The van der Waals surface area contributed by atoms with E-state index in [1.165, 1.54) is 23.5 Å². The van der Waals surface area contributed by atoms with Crippen molar-refractivity contribution in [3.05, 3.63) is 35.1 Å². The van der Waals surface area contributed by atoms with Crippen molar-refractivity contribution in [3.8, 4) is 10.6 Å². The second-order valence-electron chi connectivity index (χ2n) is 5.11. The molecule has 0 amide bonds. The molecule has 1 heterocycles. The molecule has 0 aliphatic carbocycles. The van der Waals surface area contributed by atoms with Gasteiger partial charge in [0.2, 0.25) is 0 Å². The smallest absolute Gasteiger partial charge is 0.147 e. The highest BCUT2D eigenvalue weighted by Gasteiger charge is 2.11. The molecule has 5 heteroatoms. The Morgan fingerprint density at radius 2 is 1.83 bits per heavy atom. The molecule has 0 saturated heterocycles. The van der Waals surface area contributed by atoms with Crippen LogP contribution in [0.4, 0.5) is 4.39 Å². The molecule has 0 saturated carbocycles. The Hall–Kier alpha value is -1.33. The first-order valence-corrected chi connectivity index (χ1v) is 6.59. The fraction of sp³-hybridized carbons (Fsp3) is 0.385. The maximum Gasteiger partial charge on any atom is 0.147 e. The molecule has 1 aromatic carbocycles. The normalized spacial score (nSPS) is 11.8. The zero-order valence-electron chi connectivity index (χ0n) is 10.7. The summed E-state index contributed by atoms with van der Waals surface area (Å²) in [6.07, 6.45) is 0. The van der Waals surface area contributed by atoms with Gasteiger partial charge < -0.3 is 5.32 Å². The van der Waals surface area contributed by atoms with Crippen molar-refractivity contribution >= 4 is 11.3 Å². The van der Waals surface area contributed by atoms with Crippen LogP contribution in [0.15, 0.2) is 24.3 Å². The van der Waals surface area contributed by atoms with Gasteiger partial charge in [-0.1, -0.05) is 11.3 Å². The molecule has 0 radical (unpaired) electrons. The van der Waals surface area contributed by atoms with Crippen LogP contribution in [0.1, 0.15) is 25.8 Å². The maximum absolute atomic E-state index is 12.8. The largest absolute Gasteiger partial charge is 0.306 e. The van der Waals surface area contributed by atoms with Crippen LogP contribution in [-0.2, 0) is 6.54 Å². The van der Waals surface area contributed by atoms with Crippen LogP contribution in [0.2, 0.25) is 0 Å². The summed E-state index contributed by atoms with van der Waals surface area (Å²) in [6, 6.07) is 6.31. The van der Waals surface area contributed by atoms with Gasteiger partial charge in [-0.2, -0.15) is 0 Å². The van der Waals surface area contributed by atoms with E-state index in [1.807, 2.05) is 0 Å². The van der Waals surface area contributed by atoms with Crippen LogP contribution in [0.3, 0.4) is 0 Å². The Labute approximate surface area is 110 Å². The third-order valence-electron chi connectivity index (χ3n) is 2.33. The Balaban J connectivity index is 2.08. The van der Waals surface area contributed by atoms with Crippen LogP contribution in [0.25, 0.3) is 10.6 Å². The SMILES string of the molecule is CC(C)(C)NCc1nnc(-c2ccc(F)cc2)s1. The predicted octanol–water partition coefficient (Wildman–Crippen LogP) is 3.23. The van der Waals surface area contributed by atoms with E-state index in [1.54, 1.807) is 12.1 Å². The Bertz CT molecular complexity index is 514. The molecule has 0 bridgehead atoms. The minimum Gasteiger partial charge on any atom is -0.306 e. The van der Waals surface area contributed by atoms with Gasteiger partial charge in [0.05, 0.1) is 6.54 Å². The zero-order valence-corrected chi connectivity index (χ0v) is 11.5. The van der Waals surface area contributed by atoms with Gasteiger partial charge in [-0.3, -0.25) is 0 Å². The minimum absolute atomic E-state index is 0.0573. The number of halogens is 1. The van der Waals surface area contributed by atoms with E-state index in [-0.39, 0.29) is 11.4 Å². The Kier molecular flexibility index (Phi) is 3.73. The van der Waals surface area contributed by atoms with Gasteiger partial charge >= 0.3 is 0 Å². The van der Waals surface area contributed by atoms with E-state index < -0.39 is 0 Å². The van der Waals surface area contributed by atoms with E-state index in [9.17, 15) is 4.39 Å². The van der Waals surface area contributed by atoms with Crippen molar-refractivity contribution in [1.82, 2.24) is 15.5 Å². The van der Waals surface area contributed by atoms with Crippen LogP contribution >= 0.6 is 11.3 Å². The highest BCUT2D eigenvalue weighted by atomic mass is 32.1. The van der Waals surface area contributed by atoms with Gasteiger partial charge in [0, 0.05) is 11.1 Å². The van der Waals surface area contributed by atoms with Crippen molar-refractivity contribution in [1.29, 1.82) is 0 Å². The van der Waals surface area contributed by atoms with E-state index in [0.717, 1.165) is 15.6 Å². The molecule has 0 aliphatic rings. The lowest BCUT2D eigenvalue weighted by Crippen LogP contribution is -2.35. The monoisotopic (exact) mass is 265 g/mol. The van der Waals surface area contributed by atoms with E-state index in [0.29, 0.717) is 6.54 Å². The van der Waals surface area contributed by atoms with Gasteiger partial charge in [0.1, 0.15) is 15.8 Å². The summed E-state index contributed by atoms with van der Waals surface area (Å²) in [6.45, 7) is 7.01. The lowest BCUT2D eigenvalue weighted by molar-refractivity contribution is 0.423. The molecular weight excluding hydrogens is 249 g/mol. The summed E-state index contributed by atoms with van der Waals surface area (Å²) < 4.78 is 12.8. The molecule has 2 rings (SSSR count). The molecule has 18 heavy (non-hydrogen) atoms. The molecule has 0 fully saturated rings. The average Bonchev–Trinajstić information content (AvgIpc) is 2.75. The van der Waals surface area contributed by atoms with Gasteiger partial charge in [-0.25, -0.2) is 4.39 Å². The number of hydrogen-bond acceptors (Lipinski definition) is 4. The first kappa shape index (κ1) is 13.1. The Morgan fingerprint density at radius 1 is 1.17 bits per heavy atom. The third kappa shape index (κ3) is 3.58. The minimum atomic E-state index is -0.238. The molecule has 0 aliphatic heterocycles. The Morgan fingerprint density at radius 3 is 2.44 bits per heavy atom. The molecule has 96 valence electrons. The van der Waals surface area contributed by atoms with Gasteiger partial charge in [0.15, 0.2) is 0 Å². The lowest BCUT2D eigenvalue weighted by atomic mass is 10.1. The number of benzene rings is 1. The molecule has 1 N–H and O–H groups in total. The highest BCUT2D eigenvalue weighted by molar-refractivity contribution is 7.14. The first-order valence-electron chi connectivity index (χ1n) is 5.77. The number of nitrogens with zero attached hydrogens (tertiary/aromatic N) is 2. The molecule has 2 aromatic rings. The van der Waals surface area contributed by atoms with Crippen LogP contribution in [0.5, 0.6) is 0 Å². The average molecular weight is 265 g/mol. The molecule has 0 unspecified atom stereocenters. The standard InChI is InChI=1S/C13H16FN3S/c1-13(2,3)15-8-11-16-17-12(18-11)9-4-6-10(14)7-5-9/h4-7,15H,8H2,1-3H3. The maximum atomic E-state index is 12.8. The first-order chi connectivity index (χ1) is 8.44. The number of nitrogens with one attached hydrogen (secondary N) is 1. The van der Waals surface area contributed by atoms with Gasteiger partial charge in [-0.15, -0.1) is 10.2 Å².